The molecule has 0 fully saturated rings. The third kappa shape index (κ3) is 3.92. The molecule has 0 aliphatic heterocycles. The molecule has 0 atom stereocenters. The molecule has 0 saturated heterocycles. The highest BCUT2D eigenvalue weighted by atomic mass is 32.2. The Morgan fingerprint density at radius 2 is 1.65 bits per heavy atom. The molecule has 6 nitrogen and oxygen atoms in total. The lowest BCUT2D eigenvalue weighted by Crippen LogP contribution is -2.26. The smallest absolute Gasteiger partial charge is 0.279 e. The topological polar surface area (TPSA) is 71.7 Å². The van der Waals surface area contributed by atoms with Crippen LogP contribution >= 0.6 is 11.3 Å². The van der Waals surface area contributed by atoms with Gasteiger partial charge in [-0.05, 0) is 55.0 Å². The lowest BCUT2D eigenvalue weighted by atomic mass is 10.2. The molecule has 0 aliphatic rings. The average molecular weight is 452 g/mol. The minimum absolute atomic E-state index is 0.110. The Bertz CT molecular complexity index is 1440. The van der Waals surface area contributed by atoms with Gasteiger partial charge in [-0.3, -0.25) is 9.10 Å². The molecular formula is C23H21N3O3S2. The van der Waals surface area contributed by atoms with Gasteiger partial charge in [-0.2, -0.15) is 4.99 Å². The van der Waals surface area contributed by atoms with Crippen molar-refractivity contribution in [3.63, 3.8) is 0 Å². The molecular weight excluding hydrogens is 430 g/mol. The third-order valence-electron chi connectivity index (χ3n) is 5.10. The van der Waals surface area contributed by atoms with Crippen molar-refractivity contribution in [1.29, 1.82) is 0 Å². The van der Waals surface area contributed by atoms with E-state index in [2.05, 4.69) is 4.99 Å². The molecule has 158 valence electrons. The maximum atomic E-state index is 12.9. The van der Waals surface area contributed by atoms with Crippen LogP contribution in [0.15, 0.2) is 82.7 Å². The lowest BCUT2D eigenvalue weighted by molar-refractivity contribution is 0.0998. The Morgan fingerprint density at radius 1 is 0.968 bits per heavy atom. The van der Waals surface area contributed by atoms with Gasteiger partial charge in [-0.25, -0.2) is 8.42 Å². The van der Waals surface area contributed by atoms with Gasteiger partial charge in [0, 0.05) is 19.7 Å². The molecule has 4 rings (SSSR count). The fourth-order valence-corrected chi connectivity index (χ4v) is 5.65. The van der Waals surface area contributed by atoms with Crippen molar-refractivity contribution in [1.82, 2.24) is 4.57 Å². The van der Waals surface area contributed by atoms with Crippen LogP contribution < -0.4 is 9.11 Å². The summed E-state index contributed by atoms with van der Waals surface area (Å²) in [5.74, 6) is -0.417. The summed E-state index contributed by atoms with van der Waals surface area (Å²) in [6.45, 7) is 2.02. The number of nitrogens with zero attached hydrogens (tertiary/aromatic N) is 3. The van der Waals surface area contributed by atoms with Gasteiger partial charge in [0.25, 0.3) is 15.9 Å². The Balaban J connectivity index is 1.64. The van der Waals surface area contributed by atoms with Crippen LogP contribution in [0.1, 0.15) is 15.9 Å². The second kappa shape index (κ2) is 8.13. The van der Waals surface area contributed by atoms with Crippen LogP contribution in [-0.2, 0) is 17.1 Å². The first kappa shape index (κ1) is 21.0. The van der Waals surface area contributed by atoms with Crippen molar-refractivity contribution in [2.45, 2.75) is 11.8 Å². The van der Waals surface area contributed by atoms with E-state index in [1.54, 1.807) is 24.3 Å². The number of thiazole rings is 1. The van der Waals surface area contributed by atoms with Crippen molar-refractivity contribution < 1.29 is 13.2 Å². The number of anilines is 1. The number of rotatable bonds is 4. The number of carbonyl (C=O) groups is 1. The van der Waals surface area contributed by atoms with Gasteiger partial charge in [-0.15, -0.1) is 0 Å². The molecule has 4 aromatic rings. The van der Waals surface area contributed by atoms with E-state index in [1.165, 1.54) is 47.0 Å². The van der Waals surface area contributed by atoms with Gasteiger partial charge in [0.2, 0.25) is 0 Å². The molecule has 1 amide bonds. The highest BCUT2D eigenvalue weighted by Crippen LogP contribution is 2.22. The number of hydrogen-bond acceptors (Lipinski definition) is 4. The molecule has 1 heterocycles. The summed E-state index contributed by atoms with van der Waals surface area (Å²) in [5.41, 5.74) is 3.05. The number of hydrogen-bond donors (Lipinski definition) is 0. The fourth-order valence-electron chi connectivity index (χ4n) is 3.36. The number of para-hydroxylation sites is 2. The van der Waals surface area contributed by atoms with Gasteiger partial charge in [-0.1, -0.05) is 41.7 Å². The van der Waals surface area contributed by atoms with Crippen LogP contribution in [0.3, 0.4) is 0 Å². The van der Waals surface area contributed by atoms with Crippen LogP contribution in [0.5, 0.6) is 0 Å². The van der Waals surface area contributed by atoms with E-state index < -0.39 is 15.9 Å². The minimum atomic E-state index is -3.73. The number of amides is 1. The normalized spacial score (nSPS) is 12.3. The third-order valence-corrected chi connectivity index (χ3v) is 8.00. The maximum Gasteiger partial charge on any atom is 0.279 e. The Hall–Kier alpha value is -3.23. The summed E-state index contributed by atoms with van der Waals surface area (Å²) in [7, 11) is -0.348. The van der Waals surface area contributed by atoms with Crippen LogP contribution in [0.2, 0.25) is 0 Å². The quantitative estimate of drug-likeness (QED) is 0.469. The standard InChI is InChI=1S/C23H21N3O3S2/c1-16-8-7-11-20-21(16)25(2)23(30-20)24-22(27)17-12-14-19(15-13-17)31(28,29)26(3)18-9-5-4-6-10-18/h4-15H,1-3H3. The zero-order valence-corrected chi connectivity index (χ0v) is 18.9. The van der Waals surface area contributed by atoms with Gasteiger partial charge in [0.05, 0.1) is 20.8 Å². The van der Waals surface area contributed by atoms with E-state index in [1.807, 2.05) is 42.8 Å². The zero-order chi connectivity index (χ0) is 22.2. The molecule has 8 heteroatoms. The first-order chi connectivity index (χ1) is 14.8. The summed E-state index contributed by atoms with van der Waals surface area (Å²) < 4.78 is 30.0. The zero-order valence-electron chi connectivity index (χ0n) is 17.3. The van der Waals surface area contributed by atoms with Gasteiger partial charge < -0.3 is 4.57 Å². The molecule has 0 aliphatic carbocycles. The first-order valence-electron chi connectivity index (χ1n) is 9.57. The molecule has 0 radical (unpaired) electrons. The number of aromatic nitrogens is 1. The molecule has 0 spiro atoms. The molecule has 3 aromatic carbocycles. The monoisotopic (exact) mass is 451 g/mol. The first-order valence-corrected chi connectivity index (χ1v) is 11.8. The predicted octanol–water partition coefficient (Wildman–Crippen LogP) is 4.11. The number of aryl methyl sites for hydroxylation is 2. The lowest BCUT2D eigenvalue weighted by Gasteiger charge is -2.19. The fraction of sp³-hybridized carbons (Fsp3) is 0.130. The van der Waals surface area contributed by atoms with Crippen molar-refractivity contribution >= 4 is 43.2 Å². The summed E-state index contributed by atoms with van der Waals surface area (Å²) in [4.78, 5) is 17.7. The second-order valence-corrected chi connectivity index (χ2v) is 10.1. The van der Waals surface area contributed by atoms with Crippen molar-refractivity contribution in [2.75, 3.05) is 11.4 Å². The molecule has 31 heavy (non-hydrogen) atoms. The SMILES string of the molecule is Cc1cccc2sc(=NC(=O)c3ccc(S(=O)(=O)N(C)c4ccccc4)cc3)n(C)c12. The van der Waals surface area contributed by atoms with E-state index >= 15 is 0 Å². The van der Waals surface area contributed by atoms with Crippen molar-refractivity contribution in [2.24, 2.45) is 12.0 Å². The van der Waals surface area contributed by atoms with E-state index in [4.69, 9.17) is 0 Å². The minimum Gasteiger partial charge on any atom is -0.319 e. The van der Waals surface area contributed by atoms with Crippen molar-refractivity contribution in [3.05, 3.63) is 88.7 Å². The van der Waals surface area contributed by atoms with Crippen LogP contribution in [-0.4, -0.2) is 25.9 Å². The summed E-state index contributed by atoms with van der Waals surface area (Å²) >= 11 is 1.44. The molecule has 0 unspecified atom stereocenters. The molecule has 1 aromatic heterocycles. The average Bonchev–Trinajstić information content (AvgIpc) is 3.10. The summed E-state index contributed by atoms with van der Waals surface area (Å²) in [5, 5.41) is 0. The maximum absolute atomic E-state index is 12.9. The van der Waals surface area contributed by atoms with Gasteiger partial charge in [0.15, 0.2) is 4.80 Å². The van der Waals surface area contributed by atoms with Crippen LogP contribution in [0.25, 0.3) is 10.2 Å². The Labute approximate surface area is 184 Å². The molecule has 0 saturated carbocycles. The number of sulfonamides is 1. The number of carbonyl (C=O) groups excluding carboxylic acids is 1. The van der Waals surface area contributed by atoms with Crippen LogP contribution in [0.4, 0.5) is 5.69 Å². The van der Waals surface area contributed by atoms with E-state index in [9.17, 15) is 13.2 Å². The number of benzene rings is 3. The Kier molecular flexibility index (Phi) is 5.51. The van der Waals surface area contributed by atoms with Crippen LogP contribution in [0, 0.1) is 6.92 Å². The largest absolute Gasteiger partial charge is 0.319 e. The molecule has 0 N–H and O–H groups in total. The summed E-state index contributed by atoms with van der Waals surface area (Å²) in [6.07, 6.45) is 0. The van der Waals surface area contributed by atoms with Gasteiger partial charge in [0.1, 0.15) is 0 Å². The molecule has 0 bridgehead atoms. The van der Waals surface area contributed by atoms with Crippen molar-refractivity contribution in [3.8, 4) is 0 Å². The summed E-state index contributed by atoms with van der Waals surface area (Å²) in [6, 6.07) is 20.7. The van der Waals surface area contributed by atoms with E-state index in [0.717, 1.165) is 15.8 Å². The van der Waals surface area contributed by atoms with E-state index in [0.29, 0.717) is 16.1 Å². The second-order valence-electron chi connectivity index (χ2n) is 7.11. The highest BCUT2D eigenvalue weighted by molar-refractivity contribution is 7.92. The van der Waals surface area contributed by atoms with E-state index in [-0.39, 0.29) is 4.90 Å². The van der Waals surface area contributed by atoms with Gasteiger partial charge >= 0.3 is 0 Å². The predicted molar refractivity (Wildman–Crippen MR) is 124 cm³/mol. The number of fused-ring (bicyclic) bond motifs is 1. The Morgan fingerprint density at radius 3 is 2.29 bits per heavy atom. The highest BCUT2D eigenvalue weighted by Gasteiger charge is 2.21.